The molecule has 2 unspecified atom stereocenters. The Morgan fingerprint density at radius 3 is 2.55 bits per heavy atom. The van der Waals surface area contributed by atoms with Crippen molar-refractivity contribution in [3.8, 4) is 5.75 Å². The quantitative estimate of drug-likeness (QED) is 0.415. The van der Waals surface area contributed by atoms with Crippen molar-refractivity contribution in [3.05, 3.63) is 29.3 Å². The third-order valence-electron chi connectivity index (χ3n) is 6.33. The van der Waals surface area contributed by atoms with Crippen molar-refractivity contribution >= 4 is 24.3 Å². The molecule has 2 aliphatic rings. The molecule has 0 amide bonds. The fourth-order valence-corrected chi connectivity index (χ4v) is 8.10. The maximum Gasteiger partial charge on any atom is 0.323 e. The van der Waals surface area contributed by atoms with Crippen molar-refractivity contribution in [1.29, 1.82) is 0 Å². The first-order valence-electron chi connectivity index (χ1n) is 11.6. The van der Waals surface area contributed by atoms with Gasteiger partial charge in [-0.3, -0.25) is 4.79 Å². The zero-order chi connectivity index (χ0) is 22.8. The van der Waals surface area contributed by atoms with Gasteiger partial charge < -0.3 is 9.26 Å². The molecule has 1 aliphatic heterocycles. The maximum atomic E-state index is 12.6. The molecule has 1 N–H and O–H groups in total. The van der Waals surface area contributed by atoms with Crippen LogP contribution in [0.2, 0.25) is 0 Å². The van der Waals surface area contributed by atoms with Gasteiger partial charge in [-0.15, -0.1) is 0 Å². The summed E-state index contributed by atoms with van der Waals surface area (Å²) in [5.74, 6) is 0.927. The normalized spacial score (nSPS) is 23.8. The van der Waals surface area contributed by atoms with Crippen molar-refractivity contribution in [2.75, 3.05) is 7.11 Å². The van der Waals surface area contributed by atoms with Gasteiger partial charge in [0.05, 0.1) is 7.11 Å². The topological polar surface area (TPSA) is 50.8 Å². The van der Waals surface area contributed by atoms with Crippen molar-refractivity contribution in [3.63, 3.8) is 0 Å². The zero-order valence-electron chi connectivity index (χ0n) is 19.9. The number of hydrogen-bond donors (Lipinski definition) is 1. The van der Waals surface area contributed by atoms with Gasteiger partial charge in [0.25, 0.3) is 6.57 Å². The van der Waals surface area contributed by atoms with E-state index in [9.17, 15) is 4.79 Å². The number of hydrogen-bond acceptors (Lipinski definition) is 4. The second kappa shape index (κ2) is 9.91. The summed E-state index contributed by atoms with van der Waals surface area (Å²) in [7, 11) is 1.44. The molecule has 0 saturated heterocycles. The molecule has 1 heterocycles. The van der Waals surface area contributed by atoms with Crippen LogP contribution in [-0.4, -0.2) is 29.8 Å². The summed E-state index contributed by atoms with van der Waals surface area (Å²) in [6.45, 7) is 9.04. The predicted molar refractivity (Wildman–Crippen MR) is 131 cm³/mol. The van der Waals surface area contributed by atoms with Crippen LogP contribution in [-0.2, 0) is 33.3 Å². The molecule has 0 bridgehead atoms. The summed E-state index contributed by atoms with van der Waals surface area (Å²) in [5.41, 5.74) is 2.57. The Morgan fingerprint density at radius 1 is 1.29 bits per heavy atom. The van der Waals surface area contributed by atoms with Crippen LogP contribution >= 0.6 is 6.57 Å². The number of rotatable bonds is 6. The number of ether oxygens (including phenoxy) is 1. The fourth-order valence-electron chi connectivity index (χ4n) is 4.55. The lowest BCUT2D eigenvalue weighted by molar-refractivity contribution is -0.143. The van der Waals surface area contributed by atoms with Gasteiger partial charge in [-0.2, -0.15) is 0 Å². The summed E-state index contributed by atoms with van der Waals surface area (Å²) >= 11 is 6.23. The average molecular weight is 467 g/mol. The molecule has 1 saturated carbocycles. The lowest BCUT2D eigenvalue weighted by atomic mass is 9.86. The van der Waals surface area contributed by atoms with Crippen molar-refractivity contribution in [2.45, 2.75) is 97.2 Å². The third kappa shape index (κ3) is 5.90. The number of nitrogens with one attached hydrogen (secondary N) is 1. The van der Waals surface area contributed by atoms with E-state index in [1.54, 1.807) is 0 Å². The molecule has 2 atom stereocenters. The van der Waals surface area contributed by atoms with Gasteiger partial charge in [0, 0.05) is 18.2 Å². The van der Waals surface area contributed by atoms with Crippen LogP contribution in [0.5, 0.6) is 5.75 Å². The number of benzene rings is 1. The number of carbonyl (C=O) groups excluding carboxylic acids is 1. The summed E-state index contributed by atoms with van der Waals surface area (Å²) in [5, 5.41) is 3.50. The lowest BCUT2D eigenvalue weighted by Gasteiger charge is -2.46. The molecule has 5 nitrogen and oxygen atoms in total. The van der Waals surface area contributed by atoms with E-state index < -0.39 is 12.6 Å². The number of esters is 1. The molecule has 31 heavy (non-hydrogen) atoms. The molecule has 1 fully saturated rings. The molecule has 174 valence electrons. The van der Waals surface area contributed by atoms with Crippen LogP contribution in [0.1, 0.15) is 84.3 Å². The fraction of sp³-hybridized carbons (Fsp3) is 0.708. The molecule has 0 radical (unpaired) electrons. The van der Waals surface area contributed by atoms with Crippen molar-refractivity contribution in [1.82, 2.24) is 9.76 Å². The van der Waals surface area contributed by atoms with E-state index in [2.05, 4.69) is 62.6 Å². The van der Waals surface area contributed by atoms with Crippen molar-refractivity contribution in [2.24, 2.45) is 5.92 Å². The van der Waals surface area contributed by atoms with Crippen LogP contribution in [0.25, 0.3) is 0 Å². The van der Waals surface area contributed by atoms with Gasteiger partial charge in [0.2, 0.25) is 0 Å². The molecule has 1 aromatic carbocycles. The number of methoxy groups -OCH3 is 1. The number of nitrogens with zero attached hydrogens (tertiary/aromatic N) is 1. The van der Waals surface area contributed by atoms with Gasteiger partial charge in [-0.25, -0.2) is 9.76 Å². The number of carbonyl (C=O) groups is 1. The molecule has 7 heteroatoms. The highest BCUT2D eigenvalue weighted by Crippen LogP contribution is 2.56. The Hall–Kier alpha value is -0.940. The van der Waals surface area contributed by atoms with Gasteiger partial charge in [0.1, 0.15) is 11.8 Å². The molecule has 0 aromatic heterocycles. The predicted octanol–water partition coefficient (Wildman–Crippen LogP) is 5.91. The smallest absolute Gasteiger partial charge is 0.323 e. The SMILES string of the molecule is COC(=O)C(CC(C)C)NP1(=S)Oc2ccc(C(C)(C)C)cc2CN1C1CCCCC1. The highest BCUT2D eigenvalue weighted by Gasteiger charge is 2.42. The monoisotopic (exact) mass is 466 g/mol. The standard InChI is InChI=1S/C24H39N2O3PS/c1-17(2)14-21(23(27)28-6)25-30(31)26(20-10-8-7-9-11-20)16-18-15-19(24(3,4)5)12-13-22(18)29-30/h12-13,15,17,20-21H,7-11,14,16H2,1-6H3,(H,25,31). The Balaban J connectivity index is 1.97. The zero-order valence-corrected chi connectivity index (χ0v) is 21.7. The third-order valence-corrected chi connectivity index (χ3v) is 9.72. The van der Waals surface area contributed by atoms with Gasteiger partial charge in [-0.05, 0) is 54.0 Å². The Labute approximate surface area is 193 Å². The highest BCUT2D eigenvalue weighted by molar-refractivity contribution is 8.10. The van der Waals surface area contributed by atoms with E-state index >= 15 is 0 Å². The number of fused-ring (bicyclic) bond motifs is 1. The molecule has 1 aromatic rings. The Morgan fingerprint density at radius 2 is 1.97 bits per heavy atom. The maximum absolute atomic E-state index is 12.6. The van der Waals surface area contributed by atoms with Crippen LogP contribution in [0, 0.1) is 5.92 Å². The summed E-state index contributed by atoms with van der Waals surface area (Å²) < 4.78 is 14.1. The van der Waals surface area contributed by atoms with E-state index in [-0.39, 0.29) is 11.4 Å². The highest BCUT2D eigenvalue weighted by atomic mass is 32.5. The van der Waals surface area contributed by atoms with Crippen LogP contribution in [0.15, 0.2) is 18.2 Å². The minimum Gasteiger partial charge on any atom is -0.468 e. The van der Waals surface area contributed by atoms with Gasteiger partial charge in [-0.1, -0.05) is 66.0 Å². The van der Waals surface area contributed by atoms with Crippen LogP contribution in [0.3, 0.4) is 0 Å². The largest absolute Gasteiger partial charge is 0.468 e. The molecule has 3 rings (SSSR count). The summed E-state index contributed by atoms with van der Waals surface area (Å²) in [6.07, 6.45) is 6.65. The Kier molecular flexibility index (Phi) is 7.89. The first-order valence-corrected chi connectivity index (χ1v) is 14.3. The average Bonchev–Trinajstić information content (AvgIpc) is 2.71. The molecular weight excluding hydrogens is 427 g/mol. The summed E-state index contributed by atoms with van der Waals surface area (Å²) in [6, 6.07) is 6.40. The minimum atomic E-state index is -2.64. The van der Waals surface area contributed by atoms with E-state index in [0.29, 0.717) is 18.4 Å². The molecular formula is C24H39N2O3PS. The van der Waals surface area contributed by atoms with Gasteiger partial charge >= 0.3 is 5.97 Å². The van der Waals surface area contributed by atoms with Crippen LogP contribution < -0.4 is 9.61 Å². The first-order chi connectivity index (χ1) is 14.5. The molecule has 0 spiro atoms. The van der Waals surface area contributed by atoms with Gasteiger partial charge in [0.15, 0.2) is 0 Å². The second-order valence-corrected chi connectivity index (χ2v) is 13.9. The van der Waals surface area contributed by atoms with E-state index in [1.165, 1.54) is 37.5 Å². The lowest BCUT2D eigenvalue weighted by Crippen LogP contribution is -2.46. The molecule has 1 aliphatic carbocycles. The minimum absolute atomic E-state index is 0.0772. The van der Waals surface area contributed by atoms with E-state index in [0.717, 1.165) is 25.1 Å². The Bertz CT molecular complexity index is 831. The van der Waals surface area contributed by atoms with Crippen molar-refractivity contribution < 1.29 is 14.1 Å². The van der Waals surface area contributed by atoms with E-state index in [4.69, 9.17) is 21.1 Å². The first kappa shape index (κ1) is 24.7. The van der Waals surface area contributed by atoms with Crippen LogP contribution in [0.4, 0.5) is 0 Å². The van der Waals surface area contributed by atoms with E-state index in [1.807, 2.05) is 0 Å². The second-order valence-electron chi connectivity index (χ2n) is 10.4. The summed E-state index contributed by atoms with van der Waals surface area (Å²) in [4.78, 5) is 12.6.